The molecule has 0 aromatic heterocycles. The van der Waals surface area contributed by atoms with Crippen LogP contribution in [0.5, 0.6) is 0 Å². The molecule has 0 aliphatic rings. The van der Waals surface area contributed by atoms with E-state index >= 15 is 0 Å². The number of carbonyl (C=O) groups is 2. The van der Waals surface area contributed by atoms with Crippen molar-refractivity contribution in [1.29, 1.82) is 0 Å². The summed E-state index contributed by atoms with van der Waals surface area (Å²) in [5.74, 6) is -1.32. The van der Waals surface area contributed by atoms with E-state index in [1.54, 1.807) is 0 Å². The summed E-state index contributed by atoms with van der Waals surface area (Å²) >= 11 is 0. The summed E-state index contributed by atoms with van der Waals surface area (Å²) in [6, 6.07) is -0.827. The van der Waals surface area contributed by atoms with Crippen LogP contribution in [0.3, 0.4) is 0 Å². The number of carboxylic acids is 1. The fraction of sp³-hybridized carbons (Fsp3) is 0.778. The second kappa shape index (κ2) is 5.59. The van der Waals surface area contributed by atoms with Gasteiger partial charge >= 0.3 is 5.97 Å². The quantitative estimate of drug-likeness (QED) is 0.699. The highest BCUT2D eigenvalue weighted by Gasteiger charge is 2.26. The van der Waals surface area contributed by atoms with Gasteiger partial charge in [-0.15, -0.1) is 0 Å². The standard InChI is InChI=1S/C9H17NO4/c1-5-7(14-4)8(11)10(3)6(2)9(12)13/h6-7H,5H2,1-4H3,(H,12,13). The van der Waals surface area contributed by atoms with Crippen LogP contribution in [-0.2, 0) is 14.3 Å². The van der Waals surface area contributed by atoms with Gasteiger partial charge in [0.05, 0.1) is 0 Å². The second-order valence-electron chi connectivity index (χ2n) is 3.10. The van der Waals surface area contributed by atoms with Crippen LogP contribution in [0.1, 0.15) is 20.3 Å². The van der Waals surface area contributed by atoms with Gasteiger partial charge in [-0.1, -0.05) is 6.92 Å². The molecule has 0 spiro atoms. The van der Waals surface area contributed by atoms with E-state index in [0.29, 0.717) is 6.42 Å². The summed E-state index contributed by atoms with van der Waals surface area (Å²) in [5.41, 5.74) is 0. The van der Waals surface area contributed by atoms with Crippen molar-refractivity contribution in [3.8, 4) is 0 Å². The highest BCUT2D eigenvalue weighted by atomic mass is 16.5. The molecule has 0 aromatic carbocycles. The van der Waals surface area contributed by atoms with E-state index in [1.165, 1.54) is 26.0 Å². The molecule has 0 aliphatic carbocycles. The normalized spacial score (nSPS) is 14.6. The van der Waals surface area contributed by atoms with Crippen molar-refractivity contribution in [3.63, 3.8) is 0 Å². The number of aliphatic carboxylic acids is 1. The minimum Gasteiger partial charge on any atom is -0.480 e. The van der Waals surface area contributed by atoms with Crippen molar-refractivity contribution in [2.24, 2.45) is 0 Å². The van der Waals surface area contributed by atoms with E-state index in [9.17, 15) is 9.59 Å². The molecule has 0 aromatic rings. The Bertz CT molecular complexity index is 213. The number of likely N-dealkylation sites (N-methyl/N-ethyl adjacent to an activating group) is 1. The van der Waals surface area contributed by atoms with Gasteiger partial charge in [-0.05, 0) is 13.3 Å². The summed E-state index contributed by atoms with van der Waals surface area (Å²) in [7, 11) is 2.90. The van der Waals surface area contributed by atoms with Crippen LogP contribution in [0.2, 0.25) is 0 Å². The SMILES string of the molecule is CCC(OC)C(=O)N(C)C(C)C(=O)O. The van der Waals surface area contributed by atoms with Crippen LogP contribution < -0.4 is 0 Å². The van der Waals surface area contributed by atoms with Crippen molar-refractivity contribution in [1.82, 2.24) is 4.90 Å². The molecule has 1 amide bonds. The third kappa shape index (κ3) is 2.99. The lowest BCUT2D eigenvalue weighted by atomic mass is 10.2. The number of hydrogen-bond donors (Lipinski definition) is 1. The maximum absolute atomic E-state index is 11.6. The fourth-order valence-corrected chi connectivity index (χ4v) is 1.03. The van der Waals surface area contributed by atoms with Gasteiger partial charge in [0.2, 0.25) is 0 Å². The Balaban J connectivity index is 4.44. The first-order valence-corrected chi connectivity index (χ1v) is 4.47. The predicted octanol–water partition coefficient (Wildman–Crippen LogP) is 0.343. The Kier molecular flexibility index (Phi) is 5.15. The fourth-order valence-electron chi connectivity index (χ4n) is 1.03. The molecule has 0 heterocycles. The summed E-state index contributed by atoms with van der Waals surface area (Å²) < 4.78 is 4.93. The van der Waals surface area contributed by atoms with Gasteiger partial charge in [0.15, 0.2) is 0 Å². The molecular formula is C9H17NO4. The number of amides is 1. The predicted molar refractivity (Wildman–Crippen MR) is 51.0 cm³/mol. The van der Waals surface area contributed by atoms with Crippen molar-refractivity contribution in [2.75, 3.05) is 14.2 Å². The molecule has 14 heavy (non-hydrogen) atoms. The third-order valence-corrected chi connectivity index (χ3v) is 2.22. The van der Waals surface area contributed by atoms with Gasteiger partial charge < -0.3 is 14.7 Å². The minimum atomic E-state index is -1.02. The van der Waals surface area contributed by atoms with E-state index in [1.807, 2.05) is 6.92 Å². The lowest BCUT2D eigenvalue weighted by Gasteiger charge is -2.25. The number of ether oxygens (including phenoxy) is 1. The molecule has 0 saturated heterocycles. The van der Waals surface area contributed by atoms with Crippen LogP contribution >= 0.6 is 0 Å². The molecule has 1 N–H and O–H groups in total. The van der Waals surface area contributed by atoms with E-state index in [4.69, 9.17) is 9.84 Å². The Morgan fingerprint density at radius 2 is 2.00 bits per heavy atom. The van der Waals surface area contributed by atoms with Gasteiger partial charge in [0, 0.05) is 14.2 Å². The topological polar surface area (TPSA) is 66.8 Å². The molecule has 5 heteroatoms. The Labute approximate surface area is 83.6 Å². The molecule has 82 valence electrons. The summed E-state index contributed by atoms with van der Waals surface area (Å²) in [6.07, 6.45) is -0.0201. The van der Waals surface area contributed by atoms with Crippen LogP contribution in [0.4, 0.5) is 0 Å². The molecular weight excluding hydrogens is 186 g/mol. The zero-order chi connectivity index (χ0) is 11.3. The summed E-state index contributed by atoms with van der Waals surface area (Å²) in [6.45, 7) is 3.27. The number of hydrogen-bond acceptors (Lipinski definition) is 3. The number of carboxylic acid groups (broad SMARTS) is 1. The molecule has 0 radical (unpaired) electrons. The smallest absolute Gasteiger partial charge is 0.326 e. The average Bonchev–Trinajstić information content (AvgIpc) is 2.17. The van der Waals surface area contributed by atoms with Crippen LogP contribution in [-0.4, -0.2) is 48.2 Å². The van der Waals surface area contributed by atoms with E-state index < -0.39 is 18.1 Å². The molecule has 0 rings (SSSR count). The largest absolute Gasteiger partial charge is 0.480 e. The third-order valence-electron chi connectivity index (χ3n) is 2.22. The molecule has 0 saturated carbocycles. The molecule has 2 unspecified atom stereocenters. The van der Waals surface area contributed by atoms with Gasteiger partial charge in [-0.25, -0.2) is 4.79 Å². The molecule has 0 aliphatic heterocycles. The van der Waals surface area contributed by atoms with Crippen LogP contribution in [0, 0.1) is 0 Å². The number of rotatable bonds is 5. The first-order chi connectivity index (χ1) is 6.45. The van der Waals surface area contributed by atoms with Gasteiger partial charge in [-0.3, -0.25) is 4.79 Å². The number of nitrogens with zero attached hydrogens (tertiary/aromatic N) is 1. The van der Waals surface area contributed by atoms with E-state index in [2.05, 4.69) is 0 Å². The van der Waals surface area contributed by atoms with Crippen molar-refractivity contribution in [2.45, 2.75) is 32.4 Å². The molecule has 5 nitrogen and oxygen atoms in total. The van der Waals surface area contributed by atoms with Crippen molar-refractivity contribution < 1.29 is 19.4 Å². The number of carbonyl (C=O) groups excluding carboxylic acids is 1. The summed E-state index contributed by atoms with van der Waals surface area (Å²) in [4.78, 5) is 23.4. The van der Waals surface area contributed by atoms with Crippen molar-refractivity contribution >= 4 is 11.9 Å². The molecule has 2 atom stereocenters. The van der Waals surface area contributed by atoms with Gasteiger partial charge in [-0.2, -0.15) is 0 Å². The van der Waals surface area contributed by atoms with Crippen molar-refractivity contribution in [3.05, 3.63) is 0 Å². The van der Waals surface area contributed by atoms with E-state index in [-0.39, 0.29) is 5.91 Å². The lowest BCUT2D eigenvalue weighted by molar-refractivity contribution is -0.153. The van der Waals surface area contributed by atoms with Gasteiger partial charge in [0.25, 0.3) is 5.91 Å². The maximum atomic E-state index is 11.6. The molecule has 0 bridgehead atoms. The first-order valence-electron chi connectivity index (χ1n) is 4.47. The minimum absolute atomic E-state index is 0.301. The zero-order valence-electron chi connectivity index (χ0n) is 8.98. The average molecular weight is 203 g/mol. The second-order valence-corrected chi connectivity index (χ2v) is 3.10. The highest BCUT2D eigenvalue weighted by molar-refractivity contribution is 5.85. The Morgan fingerprint density at radius 1 is 1.50 bits per heavy atom. The Hall–Kier alpha value is -1.10. The van der Waals surface area contributed by atoms with E-state index in [0.717, 1.165) is 0 Å². The summed E-state index contributed by atoms with van der Waals surface area (Å²) in [5, 5.41) is 8.69. The molecule has 0 fully saturated rings. The maximum Gasteiger partial charge on any atom is 0.326 e. The highest BCUT2D eigenvalue weighted by Crippen LogP contribution is 2.05. The lowest BCUT2D eigenvalue weighted by Crippen LogP contribution is -2.45. The number of methoxy groups -OCH3 is 1. The van der Waals surface area contributed by atoms with Crippen LogP contribution in [0.25, 0.3) is 0 Å². The monoisotopic (exact) mass is 203 g/mol. The van der Waals surface area contributed by atoms with Gasteiger partial charge in [0.1, 0.15) is 12.1 Å². The first kappa shape index (κ1) is 12.9. The van der Waals surface area contributed by atoms with Crippen LogP contribution in [0.15, 0.2) is 0 Å². The zero-order valence-corrected chi connectivity index (χ0v) is 8.98. The Morgan fingerprint density at radius 3 is 2.29 bits per heavy atom.